The van der Waals surface area contributed by atoms with Crippen molar-refractivity contribution in [3.8, 4) is 22.8 Å². The number of hydrogen-bond acceptors (Lipinski definition) is 4. The van der Waals surface area contributed by atoms with Crippen molar-refractivity contribution >= 4 is 23.4 Å². The number of rotatable bonds is 7. The van der Waals surface area contributed by atoms with E-state index in [0.717, 1.165) is 11.8 Å². The van der Waals surface area contributed by atoms with Gasteiger partial charge in [0.2, 0.25) is 0 Å². The van der Waals surface area contributed by atoms with Crippen molar-refractivity contribution in [3.05, 3.63) is 89.4 Å². The van der Waals surface area contributed by atoms with Crippen molar-refractivity contribution in [3.63, 3.8) is 0 Å². The number of thioether (sulfide) groups is 1. The van der Waals surface area contributed by atoms with Crippen LogP contribution in [0.5, 0.6) is 5.75 Å². The van der Waals surface area contributed by atoms with Crippen LogP contribution in [0.15, 0.2) is 84.0 Å². The van der Waals surface area contributed by atoms with Gasteiger partial charge in [0.05, 0.1) is 17.9 Å². The van der Waals surface area contributed by atoms with E-state index in [4.69, 9.17) is 16.3 Å². The Morgan fingerprint density at radius 3 is 2.41 bits per heavy atom. The molecule has 0 aliphatic heterocycles. The number of hydrogen-bond donors (Lipinski definition) is 0. The zero-order valence-electron chi connectivity index (χ0n) is 16.6. The maximum Gasteiger partial charge on any atom is 0.418 e. The SMILES string of the molecule is FC(F)(F)c1ccccc1-n1c(SCCOc2ccccc2)nnc1-c1cccc(Cl)c1. The van der Waals surface area contributed by atoms with Crippen LogP contribution in [-0.2, 0) is 6.18 Å². The van der Waals surface area contributed by atoms with Gasteiger partial charge in [-0.2, -0.15) is 13.2 Å². The molecule has 0 saturated carbocycles. The fraction of sp³-hybridized carbons (Fsp3) is 0.130. The molecule has 9 heteroatoms. The van der Waals surface area contributed by atoms with Gasteiger partial charge in [-0.3, -0.25) is 4.57 Å². The molecule has 0 bridgehead atoms. The summed E-state index contributed by atoms with van der Waals surface area (Å²) in [6.07, 6.45) is -4.54. The first kappa shape index (κ1) is 22.2. The van der Waals surface area contributed by atoms with Gasteiger partial charge in [-0.15, -0.1) is 10.2 Å². The third-order valence-corrected chi connectivity index (χ3v) is 5.62. The predicted octanol–water partition coefficient (Wildman–Crippen LogP) is 6.78. The molecule has 0 saturated heterocycles. The maximum atomic E-state index is 13.8. The summed E-state index contributed by atoms with van der Waals surface area (Å²) in [4.78, 5) is 0. The van der Waals surface area contributed by atoms with Gasteiger partial charge in [-0.1, -0.05) is 65.8 Å². The van der Waals surface area contributed by atoms with E-state index in [1.807, 2.05) is 30.3 Å². The summed E-state index contributed by atoms with van der Waals surface area (Å²) >= 11 is 7.37. The van der Waals surface area contributed by atoms with Gasteiger partial charge in [0, 0.05) is 16.3 Å². The number of aromatic nitrogens is 3. The zero-order chi connectivity index (χ0) is 22.6. The molecule has 1 heterocycles. The van der Waals surface area contributed by atoms with Gasteiger partial charge < -0.3 is 4.74 Å². The highest BCUT2D eigenvalue weighted by Gasteiger charge is 2.35. The molecule has 0 unspecified atom stereocenters. The summed E-state index contributed by atoms with van der Waals surface area (Å²) in [6.45, 7) is 0.356. The average Bonchev–Trinajstić information content (AvgIpc) is 3.21. The Balaban J connectivity index is 1.69. The third kappa shape index (κ3) is 5.08. The summed E-state index contributed by atoms with van der Waals surface area (Å²) in [5, 5.41) is 9.14. The van der Waals surface area contributed by atoms with E-state index in [9.17, 15) is 13.2 Å². The fourth-order valence-electron chi connectivity index (χ4n) is 3.11. The first-order valence-corrected chi connectivity index (χ1v) is 11.0. The standard InChI is InChI=1S/C23H17ClF3N3OS/c24-17-8-6-7-16(15-17)21-28-29-22(32-14-13-31-18-9-2-1-3-10-18)30(21)20-12-5-4-11-19(20)23(25,26)27/h1-12,15H,13-14H2. The van der Waals surface area contributed by atoms with Gasteiger partial charge in [-0.25, -0.2) is 0 Å². The largest absolute Gasteiger partial charge is 0.493 e. The highest BCUT2D eigenvalue weighted by atomic mass is 35.5. The summed E-state index contributed by atoms with van der Waals surface area (Å²) < 4.78 is 48.4. The Kier molecular flexibility index (Phi) is 6.72. The van der Waals surface area contributed by atoms with E-state index in [0.29, 0.717) is 28.1 Å². The molecule has 4 aromatic rings. The predicted molar refractivity (Wildman–Crippen MR) is 119 cm³/mol. The Morgan fingerprint density at radius 2 is 1.66 bits per heavy atom. The molecule has 3 aromatic carbocycles. The Hall–Kier alpha value is -2.97. The Bertz CT molecular complexity index is 1200. The molecule has 4 rings (SSSR count). The van der Waals surface area contributed by atoms with E-state index in [-0.39, 0.29) is 11.5 Å². The normalized spacial score (nSPS) is 11.5. The summed E-state index contributed by atoms with van der Waals surface area (Å²) in [5.41, 5.74) is -0.258. The van der Waals surface area contributed by atoms with Crippen LogP contribution in [0.25, 0.3) is 17.1 Å². The van der Waals surface area contributed by atoms with Crippen LogP contribution in [0.1, 0.15) is 5.56 Å². The van der Waals surface area contributed by atoms with E-state index in [2.05, 4.69) is 10.2 Å². The first-order chi connectivity index (χ1) is 15.4. The molecule has 164 valence electrons. The lowest BCUT2D eigenvalue weighted by atomic mass is 10.1. The lowest BCUT2D eigenvalue weighted by Gasteiger charge is -2.16. The molecule has 0 radical (unpaired) electrons. The molecular formula is C23H17ClF3N3OS. The second-order valence-electron chi connectivity index (χ2n) is 6.68. The molecule has 0 spiro atoms. The van der Waals surface area contributed by atoms with Crippen LogP contribution in [-0.4, -0.2) is 27.1 Å². The quantitative estimate of drug-likeness (QED) is 0.218. The van der Waals surface area contributed by atoms with Crippen LogP contribution < -0.4 is 4.74 Å². The van der Waals surface area contributed by atoms with Crippen LogP contribution in [0, 0.1) is 0 Å². The van der Waals surface area contributed by atoms with E-state index in [1.165, 1.54) is 28.5 Å². The lowest BCUT2D eigenvalue weighted by Crippen LogP contribution is -2.12. The molecule has 0 atom stereocenters. The first-order valence-electron chi connectivity index (χ1n) is 9.62. The number of alkyl halides is 3. The monoisotopic (exact) mass is 475 g/mol. The van der Waals surface area contributed by atoms with Crippen molar-refractivity contribution in [2.75, 3.05) is 12.4 Å². The van der Waals surface area contributed by atoms with Crippen molar-refractivity contribution in [2.24, 2.45) is 0 Å². The highest BCUT2D eigenvalue weighted by Crippen LogP contribution is 2.37. The van der Waals surface area contributed by atoms with Gasteiger partial charge in [0.25, 0.3) is 0 Å². The smallest absolute Gasteiger partial charge is 0.418 e. The minimum Gasteiger partial charge on any atom is -0.493 e. The molecule has 0 aliphatic rings. The summed E-state index contributed by atoms with van der Waals surface area (Å²) in [6, 6.07) is 21.4. The van der Waals surface area contributed by atoms with Crippen molar-refractivity contribution in [2.45, 2.75) is 11.3 Å². The van der Waals surface area contributed by atoms with Crippen molar-refractivity contribution in [1.82, 2.24) is 14.8 Å². The zero-order valence-corrected chi connectivity index (χ0v) is 18.2. The van der Waals surface area contributed by atoms with Gasteiger partial charge in [0.1, 0.15) is 5.75 Å². The summed E-state index contributed by atoms with van der Waals surface area (Å²) in [5.74, 6) is 1.46. The number of para-hydroxylation sites is 2. The second kappa shape index (κ2) is 9.67. The minimum atomic E-state index is -4.54. The lowest BCUT2D eigenvalue weighted by molar-refractivity contribution is -0.137. The number of benzene rings is 3. The fourth-order valence-corrected chi connectivity index (χ4v) is 4.06. The van der Waals surface area contributed by atoms with Gasteiger partial charge >= 0.3 is 6.18 Å². The van der Waals surface area contributed by atoms with Crippen LogP contribution in [0.3, 0.4) is 0 Å². The van der Waals surface area contributed by atoms with Gasteiger partial charge in [0.15, 0.2) is 11.0 Å². The van der Waals surface area contributed by atoms with Gasteiger partial charge in [-0.05, 0) is 36.4 Å². The topological polar surface area (TPSA) is 39.9 Å². The molecule has 0 aliphatic carbocycles. The van der Waals surface area contributed by atoms with Crippen molar-refractivity contribution in [1.29, 1.82) is 0 Å². The molecular weight excluding hydrogens is 459 g/mol. The molecule has 0 N–H and O–H groups in total. The Labute approximate surface area is 192 Å². The van der Waals surface area contributed by atoms with Crippen LogP contribution in [0.2, 0.25) is 5.02 Å². The van der Waals surface area contributed by atoms with E-state index >= 15 is 0 Å². The number of nitrogens with zero attached hydrogens (tertiary/aromatic N) is 3. The van der Waals surface area contributed by atoms with E-state index < -0.39 is 11.7 Å². The van der Waals surface area contributed by atoms with Crippen LogP contribution in [0.4, 0.5) is 13.2 Å². The molecule has 0 amide bonds. The second-order valence-corrected chi connectivity index (χ2v) is 8.18. The number of halogens is 4. The third-order valence-electron chi connectivity index (χ3n) is 4.49. The average molecular weight is 476 g/mol. The molecule has 0 fully saturated rings. The van der Waals surface area contributed by atoms with E-state index in [1.54, 1.807) is 30.3 Å². The maximum absolute atomic E-state index is 13.8. The molecule has 1 aromatic heterocycles. The minimum absolute atomic E-state index is 0.0496. The van der Waals surface area contributed by atoms with Crippen LogP contribution >= 0.6 is 23.4 Å². The van der Waals surface area contributed by atoms with Crippen molar-refractivity contribution < 1.29 is 17.9 Å². The Morgan fingerprint density at radius 1 is 0.906 bits per heavy atom. The summed E-state index contributed by atoms with van der Waals surface area (Å²) in [7, 11) is 0. The highest BCUT2D eigenvalue weighted by molar-refractivity contribution is 7.99. The molecule has 4 nitrogen and oxygen atoms in total. The number of ether oxygens (including phenoxy) is 1. The molecule has 32 heavy (non-hydrogen) atoms.